The van der Waals surface area contributed by atoms with Gasteiger partial charge in [-0.2, -0.15) is 0 Å². The van der Waals surface area contributed by atoms with Crippen molar-refractivity contribution in [3.05, 3.63) is 71.8 Å². The lowest BCUT2D eigenvalue weighted by Crippen LogP contribution is -2.17. The van der Waals surface area contributed by atoms with Crippen LogP contribution < -0.4 is 5.32 Å². The molecule has 0 aliphatic rings. The van der Waals surface area contributed by atoms with Gasteiger partial charge in [0.1, 0.15) is 0 Å². The predicted molar refractivity (Wildman–Crippen MR) is 79.5 cm³/mol. The Morgan fingerprint density at radius 2 is 1.60 bits per heavy atom. The van der Waals surface area contributed by atoms with Gasteiger partial charge >= 0.3 is 5.97 Å². The Balaban J connectivity index is 1.57. The summed E-state index contributed by atoms with van der Waals surface area (Å²) in [5, 5.41) is 3.32. The molecule has 0 spiro atoms. The predicted octanol–water partition coefficient (Wildman–Crippen LogP) is 3.02. The fourth-order valence-corrected chi connectivity index (χ4v) is 1.85. The fraction of sp³-hybridized carbons (Fsp3) is 0.235. The first kappa shape index (κ1) is 14.3. The molecule has 2 rings (SSSR count). The highest BCUT2D eigenvalue weighted by molar-refractivity contribution is 5.89. The average Bonchev–Trinajstić information content (AvgIpc) is 2.52. The molecule has 3 heteroatoms. The first-order valence-electron chi connectivity index (χ1n) is 6.83. The van der Waals surface area contributed by atoms with Crippen LogP contribution in [0.5, 0.6) is 0 Å². The Hall–Kier alpha value is -2.13. The Morgan fingerprint density at radius 3 is 2.30 bits per heavy atom. The molecular formula is C17H19NO2. The zero-order valence-electron chi connectivity index (χ0n) is 11.4. The molecule has 0 amide bonds. The first-order chi connectivity index (χ1) is 9.86. The minimum Gasteiger partial charge on any atom is -0.462 e. The van der Waals surface area contributed by atoms with Gasteiger partial charge in [-0.15, -0.1) is 0 Å². The number of rotatable bonds is 7. The number of esters is 1. The standard InChI is InChI=1S/C17H19NO2/c19-17(16-10-5-2-6-11-16)20-13-7-12-18-14-15-8-3-1-4-9-15/h1-6,8-11,18H,7,12-14H2. The average molecular weight is 269 g/mol. The highest BCUT2D eigenvalue weighted by Crippen LogP contribution is 2.01. The number of hydrogen-bond acceptors (Lipinski definition) is 3. The van der Waals surface area contributed by atoms with E-state index in [-0.39, 0.29) is 5.97 Å². The molecule has 0 aromatic heterocycles. The van der Waals surface area contributed by atoms with Crippen LogP contribution in [0, 0.1) is 0 Å². The summed E-state index contributed by atoms with van der Waals surface area (Å²) in [5.41, 5.74) is 1.86. The summed E-state index contributed by atoms with van der Waals surface area (Å²) in [6.07, 6.45) is 0.811. The molecule has 20 heavy (non-hydrogen) atoms. The monoisotopic (exact) mass is 269 g/mol. The third-order valence-corrected chi connectivity index (χ3v) is 2.91. The Kier molecular flexibility index (Phi) is 5.80. The molecule has 104 valence electrons. The summed E-state index contributed by atoms with van der Waals surface area (Å²) in [6, 6.07) is 19.3. The molecule has 0 fully saturated rings. The molecule has 0 heterocycles. The molecule has 2 aromatic rings. The van der Waals surface area contributed by atoms with E-state index in [1.165, 1.54) is 5.56 Å². The van der Waals surface area contributed by atoms with Gasteiger partial charge in [-0.05, 0) is 30.7 Å². The van der Waals surface area contributed by atoms with Crippen molar-refractivity contribution in [1.82, 2.24) is 5.32 Å². The van der Waals surface area contributed by atoms with Gasteiger partial charge in [0.15, 0.2) is 0 Å². The molecule has 0 bridgehead atoms. The smallest absolute Gasteiger partial charge is 0.338 e. The largest absolute Gasteiger partial charge is 0.462 e. The van der Waals surface area contributed by atoms with E-state index >= 15 is 0 Å². The lowest BCUT2D eigenvalue weighted by atomic mass is 10.2. The van der Waals surface area contributed by atoms with Crippen LogP contribution in [-0.2, 0) is 11.3 Å². The molecule has 2 aromatic carbocycles. The van der Waals surface area contributed by atoms with Crippen molar-refractivity contribution in [2.45, 2.75) is 13.0 Å². The van der Waals surface area contributed by atoms with Crippen LogP contribution in [0.3, 0.4) is 0 Å². The van der Waals surface area contributed by atoms with Gasteiger partial charge in [-0.1, -0.05) is 48.5 Å². The molecule has 0 saturated heterocycles. The Labute approximate surface area is 119 Å². The van der Waals surface area contributed by atoms with Crippen LogP contribution in [0.15, 0.2) is 60.7 Å². The van der Waals surface area contributed by atoms with E-state index in [9.17, 15) is 4.79 Å². The van der Waals surface area contributed by atoms with Crippen LogP contribution >= 0.6 is 0 Å². The number of nitrogens with one attached hydrogen (secondary N) is 1. The van der Waals surface area contributed by atoms with Gasteiger partial charge in [0.05, 0.1) is 12.2 Å². The molecule has 0 unspecified atom stereocenters. The van der Waals surface area contributed by atoms with Crippen molar-refractivity contribution in [2.24, 2.45) is 0 Å². The van der Waals surface area contributed by atoms with E-state index in [0.717, 1.165) is 19.5 Å². The van der Waals surface area contributed by atoms with Crippen molar-refractivity contribution >= 4 is 5.97 Å². The lowest BCUT2D eigenvalue weighted by Gasteiger charge is -2.06. The molecule has 0 radical (unpaired) electrons. The van der Waals surface area contributed by atoms with Crippen LogP contribution in [0.2, 0.25) is 0 Å². The van der Waals surface area contributed by atoms with Gasteiger partial charge in [0, 0.05) is 6.54 Å². The minimum atomic E-state index is -0.256. The van der Waals surface area contributed by atoms with Crippen LogP contribution in [0.25, 0.3) is 0 Å². The number of hydrogen-bond donors (Lipinski definition) is 1. The van der Waals surface area contributed by atoms with E-state index in [1.54, 1.807) is 12.1 Å². The van der Waals surface area contributed by atoms with Gasteiger partial charge in [0.25, 0.3) is 0 Å². The highest BCUT2D eigenvalue weighted by atomic mass is 16.5. The summed E-state index contributed by atoms with van der Waals surface area (Å²) < 4.78 is 5.20. The normalized spacial score (nSPS) is 10.2. The SMILES string of the molecule is O=C(OCCCNCc1ccccc1)c1ccccc1. The molecule has 0 atom stereocenters. The van der Waals surface area contributed by atoms with E-state index < -0.39 is 0 Å². The molecule has 1 N–H and O–H groups in total. The maximum atomic E-state index is 11.7. The summed E-state index contributed by atoms with van der Waals surface area (Å²) in [6.45, 7) is 2.11. The van der Waals surface area contributed by atoms with E-state index in [0.29, 0.717) is 12.2 Å². The zero-order valence-corrected chi connectivity index (χ0v) is 11.4. The summed E-state index contributed by atoms with van der Waals surface area (Å²) in [5.74, 6) is -0.256. The highest BCUT2D eigenvalue weighted by Gasteiger charge is 2.04. The first-order valence-corrected chi connectivity index (χ1v) is 6.83. The number of carbonyl (C=O) groups excluding carboxylic acids is 1. The molecule has 0 aliphatic heterocycles. The third kappa shape index (κ3) is 4.86. The van der Waals surface area contributed by atoms with Crippen LogP contribution in [0.1, 0.15) is 22.3 Å². The quantitative estimate of drug-likeness (QED) is 0.620. The van der Waals surface area contributed by atoms with Crippen LogP contribution in [0.4, 0.5) is 0 Å². The third-order valence-electron chi connectivity index (χ3n) is 2.91. The second-order valence-corrected chi connectivity index (χ2v) is 4.52. The van der Waals surface area contributed by atoms with Crippen LogP contribution in [-0.4, -0.2) is 19.1 Å². The molecule has 0 saturated carbocycles. The number of carbonyl (C=O) groups is 1. The van der Waals surface area contributed by atoms with Gasteiger partial charge < -0.3 is 10.1 Å². The number of benzene rings is 2. The zero-order chi connectivity index (χ0) is 14.0. The van der Waals surface area contributed by atoms with Gasteiger partial charge in [-0.3, -0.25) is 0 Å². The maximum absolute atomic E-state index is 11.7. The molecule has 3 nitrogen and oxygen atoms in total. The maximum Gasteiger partial charge on any atom is 0.338 e. The molecule has 0 aliphatic carbocycles. The van der Waals surface area contributed by atoms with Crippen molar-refractivity contribution in [3.63, 3.8) is 0 Å². The van der Waals surface area contributed by atoms with Crippen molar-refractivity contribution in [2.75, 3.05) is 13.2 Å². The second-order valence-electron chi connectivity index (χ2n) is 4.52. The summed E-state index contributed by atoms with van der Waals surface area (Å²) >= 11 is 0. The van der Waals surface area contributed by atoms with Crippen molar-refractivity contribution in [1.29, 1.82) is 0 Å². The van der Waals surface area contributed by atoms with E-state index in [2.05, 4.69) is 17.4 Å². The molecular weight excluding hydrogens is 250 g/mol. The van der Waals surface area contributed by atoms with Crippen molar-refractivity contribution < 1.29 is 9.53 Å². The topological polar surface area (TPSA) is 38.3 Å². The summed E-state index contributed by atoms with van der Waals surface area (Å²) in [4.78, 5) is 11.7. The second kappa shape index (κ2) is 8.12. The minimum absolute atomic E-state index is 0.256. The lowest BCUT2D eigenvalue weighted by molar-refractivity contribution is 0.0500. The summed E-state index contributed by atoms with van der Waals surface area (Å²) in [7, 11) is 0. The van der Waals surface area contributed by atoms with Gasteiger partial charge in [0.2, 0.25) is 0 Å². The Morgan fingerprint density at radius 1 is 0.950 bits per heavy atom. The van der Waals surface area contributed by atoms with E-state index in [4.69, 9.17) is 4.74 Å². The fourth-order valence-electron chi connectivity index (χ4n) is 1.85. The van der Waals surface area contributed by atoms with E-state index in [1.807, 2.05) is 36.4 Å². The van der Waals surface area contributed by atoms with Crippen molar-refractivity contribution in [3.8, 4) is 0 Å². The Bertz CT molecular complexity index is 511. The number of ether oxygens (including phenoxy) is 1. The van der Waals surface area contributed by atoms with Gasteiger partial charge in [-0.25, -0.2) is 4.79 Å².